The van der Waals surface area contributed by atoms with Gasteiger partial charge in [-0.2, -0.15) is 0 Å². The van der Waals surface area contributed by atoms with E-state index in [1.54, 1.807) is 14.2 Å². The summed E-state index contributed by atoms with van der Waals surface area (Å²) in [6, 6.07) is 3.98. The number of fused-ring (bicyclic) bond motifs is 1. The number of rotatable bonds is 3. The molecule has 1 aliphatic heterocycles. The first kappa shape index (κ1) is 12.9. The van der Waals surface area contributed by atoms with Crippen molar-refractivity contribution in [1.29, 1.82) is 0 Å². The van der Waals surface area contributed by atoms with Crippen LogP contribution >= 0.6 is 0 Å². The lowest BCUT2D eigenvalue weighted by Gasteiger charge is -2.18. The summed E-state index contributed by atoms with van der Waals surface area (Å²) in [5.41, 5.74) is 2.16. The van der Waals surface area contributed by atoms with Crippen molar-refractivity contribution in [2.24, 2.45) is 11.8 Å². The summed E-state index contributed by atoms with van der Waals surface area (Å²) in [4.78, 5) is 0. The minimum absolute atomic E-state index is 0.620. The molecule has 0 bridgehead atoms. The van der Waals surface area contributed by atoms with E-state index in [1.165, 1.54) is 0 Å². The molecule has 0 saturated heterocycles. The summed E-state index contributed by atoms with van der Waals surface area (Å²) >= 11 is 0. The smallest absolute Gasteiger partial charge is 0.162 e. The van der Waals surface area contributed by atoms with Gasteiger partial charge in [0, 0.05) is 25.2 Å². The van der Waals surface area contributed by atoms with Crippen LogP contribution in [0, 0.1) is 11.8 Å². The Morgan fingerprint density at radius 3 is 1.78 bits per heavy atom. The van der Waals surface area contributed by atoms with Crippen LogP contribution in [0.25, 0.3) is 0 Å². The Kier molecular flexibility index (Phi) is 3.84. The third kappa shape index (κ3) is 2.47. The van der Waals surface area contributed by atoms with E-state index >= 15 is 0 Å². The van der Waals surface area contributed by atoms with Crippen molar-refractivity contribution < 1.29 is 9.47 Å². The number of methoxy groups -OCH3 is 2. The van der Waals surface area contributed by atoms with Crippen molar-refractivity contribution in [3.8, 4) is 11.5 Å². The number of anilines is 2. The summed E-state index contributed by atoms with van der Waals surface area (Å²) in [6.45, 7) is 6.47. The van der Waals surface area contributed by atoms with Crippen LogP contribution < -0.4 is 20.1 Å². The average Bonchev–Trinajstić information content (AvgIpc) is 2.58. The lowest BCUT2D eigenvalue weighted by molar-refractivity contribution is 0.355. The Morgan fingerprint density at radius 1 is 1.00 bits per heavy atom. The van der Waals surface area contributed by atoms with Crippen molar-refractivity contribution in [3.05, 3.63) is 12.1 Å². The molecule has 100 valence electrons. The van der Waals surface area contributed by atoms with Gasteiger partial charge in [0.05, 0.1) is 25.6 Å². The highest BCUT2D eigenvalue weighted by Crippen LogP contribution is 2.37. The van der Waals surface area contributed by atoms with E-state index in [1.807, 2.05) is 12.1 Å². The topological polar surface area (TPSA) is 42.5 Å². The Hall–Kier alpha value is -1.58. The molecule has 1 aromatic rings. The van der Waals surface area contributed by atoms with E-state index in [0.717, 1.165) is 36.0 Å². The van der Waals surface area contributed by atoms with Gasteiger partial charge in [-0.05, 0) is 11.8 Å². The van der Waals surface area contributed by atoms with Gasteiger partial charge < -0.3 is 20.1 Å². The predicted molar refractivity (Wildman–Crippen MR) is 74.9 cm³/mol. The molecule has 0 aromatic heterocycles. The van der Waals surface area contributed by atoms with Gasteiger partial charge in [-0.15, -0.1) is 0 Å². The first-order chi connectivity index (χ1) is 8.65. The lowest BCUT2D eigenvalue weighted by atomic mass is 9.96. The van der Waals surface area contributed by atoms with E-state index in [4.69, 9.17) is 9.47 Å². The number of hydrogen-bond donors (Lipinski definition) is 2. The largest absolute Gasteiger partial charge is 0.493 e. The van der Waals surface area contributed by atoms with Crippen LogP contribution in [0.1, 0.15) is 13.8 Å². The SMILES string of the molecule is COc1cc2c(cc1OC)NCC(C(C)C)CN2. The number of nitrogens with one attached hydrogen (secondary N) is 2. The number of ether oxygens (including phenoxy) is 2. The minimum atomic E-state index is 0.620. The molecule has 1 aliphatic rings. The van der Waals surface area contributed by atoms with E-state index in [9.17, 15) is 0 Å². The average molecular weight is 250 g/mol. The molecule has 0 radical (unpaired) electrons. The summed E-state index contributed by atoms with van der Waals surface area (Å²) < 4.78 is 10.6. The quantitative estimate of drug-likeness (QED) is 0.865. The highest BCUT2D eigenvalue weighted by molar-refractivity contribution is 5.74. The third-order valence-corrected chi connectivity index (χ3v) is 3.58. The van der Waals surface area contributed by atoms with Crippen LogP contribution in [0.4, 0.5) is 11.4 Å². The fraction of sp³-hybridized carbons (Fsp3) is 0.571. The van der Waals surface area contributed by atoms with Crippen molar-refractivity contribution in [3.63, 3.8) is 0 Å². The second-order valence-corrected chi connectivity index (χ2v) is 5.02. The van der Waals surface area contributed by atoms with Crippen molar-refractivity contribution >= 4 is 11.4 Å². The molecule has 0 fully saturated rings. The molecule has 0 saturated carbocycles. The lowest BCUT2D eigenvalue weighted by Crippen LogP contribution is -2.23. The molecule has 4 heteroatoms. The zero-order valence-electron chi connectivity index (χ0n) is 11.5. The fourth-order valence-corrected chi connectivity index (χ4v) is 2.20. The van der Waals surface area contributed by atoms with Gasteiger partial charge in [0.2, 0.25) is 0 Å². The highest BCUT2D eigenvalue weighted by Gasteiger charge is 2.19. The van der Waals surface area contributed by atoms with E-state index in [0.29, 0.717) is 11.8 Å². The van der Waals surface area contributed by atoms with E-state index in [-0.39, 0.29) is 0 Å². The zero-order valence-corrected chi connectivity index (χ0v) is 11.5. The van der Waals surface area contributed by atoms with Crippen LogP contribution in [-0.4, -0.2) is 27.3 Å². The van der Waals surface area contributed by atoms with E-state index < -0.39 is 0 Å². The van der Waals surface area contributed by atoms with Gasteiger partial charge >= 0.3 is 0 Å². The molecule has 0 atom stereocenters. The Morgan fingerprint density at radius 2 is 1.44 bits per heavy atom. The number of hydrogen-bond acceptors (Lipinski definition) is 4. The van der Waals surface area contributed by atoms with Crippen LogP contribution in [-0.2, 0) is 0 Å². The van der Waals surface area contributed by atoms with Crippen LogP contribution in [0.5, 0.6) is 11.5 Å². The second kappa shape index (κ2) is 5.38. The molecular formula is C14H22N2O2. The molecule has 0 aliphatic carbocycles. The van der Waals surface area contributed by atoms with Crippen LogP contribution in [0.15, 0.2) is 12.1 Å². The molecule has 2 N–H and O–H groups in total. The molecule has 0 amide bonds. The molecule has 4 nitrogen and oxygen atoms in total. The van der Waals surface area contributed by atoms with Crippen LogP contribution in [0.3, 0.4) is 0 Å². The van der Waals surface area contributed by atoms with Gasteiger partial charge in [0.1, 0.15) is 0 Å². The minimum Gasteiger partial charge on any atom is -0.493 e. The van der Waals surface area contributed by atoms with Gasteiger partial charge in [0.15, 0.2) is 11.5 Å². The van der Waals surface area contributed by atoms with Crippen LogP contribution in [0.2, 0.25) is 0 Å². The Balaban J connectivity index is 2.27. The zero-order chi connectivity index (χ0) is 13.1. The predicted octanol–water partition coefficient (Wildman–Crippen LogP) is 2.81. The fourth-order valence-electron chi connectivity index (χ4n) is 2.20. The number of benzene rings is 1. The van der Waals surface area contributed by atoms with E-state index in [2.05, 4.69) is 24.5 Å². The van der Waals surface area contributed by atoms with Crippen molar-refractivity contribution in [1.82, 2.24) is 0 Å². The molecule has 2 rings (SSSR count). The Bertz CT molecular complexity index is 384. The van der Waals surface area contributed by atoms with Gasteiger partial charge in [-0.25, -0.2) is 0 Å². The first-order valence-corrected chi connectivity index (χ1v) is 6.39. The maximum absolute atomic E-state index is 5.32. The van der Waals surface area contributed by atoms with Crippen molar-refractivity contribution in [2.75, 3.05) is 37.9 Å². The molecule has 1 heterocycles. The first-order valence-electron chi connectivity index (χ1n) is 6.39. The second-order valence-electron chi connectivity index (χ2n) is 5.02. The Labute approximate surface area is 109 Å². The molecule has 18 heavy (non-hydrogen) atoms. The monoisotopic (exact) mass is 250 g/mol. The third-order valence-electron chi connectivity index (χ3n) is 3.58. The summed E-state index contributed by atoms with van der Waals surface area (Å²) in [6.07, 6.45) is 0. The standard InChI is InChI=1S/C14H22N2O2/c1-9(2)10-7-15-11-5-13(17-3)14(18-4)6-12(11)16-8-10/h5-6,9-10,15-16H,7-8H2,1-4H3. The van der Waals surface area contributed by atoms with Gasteiger partial charge in [-0.3, -0.25) is 0 Å². The highest BCUT2D eigenvalue weighted by atomic mass is 16.5. The molecular weight excluding hydrogens is 228 g/mol. The molecule has 0 unspecified atom stereocenters. The summed E-state index contributed by atoms with van der Waals surface area (Å²) in [5, 5.41) is 6.97. The van der Waals surface area contributed by atoms with Gasteiger partial charge in [-0.1, -0.05) is 13.8 Å². The summed E-state index contributed by atoms with van der Waals surface area (Å²) in [5.74, 6) is 2.79. The molecule has 0 spiro atoms. The normalized spacial score (nSPS) is 15.4. The summed E-state index contributed by atoms with van der Waals surface area (Å²) in [7, 11) is 3.32. The maximum Gasteiger partial charge on any atom is 0.162 e. The molecule has 1 aromatic carbocycles. The van der Waals surface area contributed by atoms with Crippen molar-refractivity contribution in [2.45, 2.75) is 13.8 Å². The van der Waals surface area contributed by atoms with Gasteiger partial charge in [0.25, 0.3) is 0 Å². The maximum atomic E-state index is 5.32.